The topological polar surface area (TPSA) is 72.2 Å². The highest BCUT2D eigenvalue weighted by atomic mass is 32.2. The van der Waals surface area contributed by atoms with Crippen molar-refractivity contribution < 1.29 is 14.1 Å². The van der Waals surface area contributed by atoms with E-state index < -0.39 is 16.4 Å². The Kier molecular flexibility index (Phi) is 4.88. The van der Waals surface area contributed by atoms with Crippen LogP contribution < -0.4 is 5.32 Å². The van der Waals surface area contributed by atoms with Gasteiger partial charge in [0.1, 0.15) is 0 Å². The number of halogens is 1. The van der Waals surface area contributed by atoms with E-state index in [9.17, 15) is 19.3 Å². The Morgan fingerprint density at radius 2 is 2.11 bits per heavy atom. The Morgan fingerprint density at radius 3 is 2.63 bits per heavy atom. The fourth-order valence-electron chi connectivity index (χ4n) is 1.21. The van der Waals surface area contributed by atoms with Gasteiger partial charge in [0.05, 0.1) is 10.7 Å². The first-order valence-electron chi connectivity index (χ1n) is 5.57. The van der Waals surface area contributed by atoms with Crippen LogP contribution in [0.25, 0.3) is 0 Å². The number of carbonyl (C=O) groups is 1. The zero-order chi connectivity index (χ0) is 14.6. The minimum atomic E-state index is -0.924. The van der Waals surface area contributed by atoms with Crippen molar-refractivity contribution in [3.8, 4) is 0 Å². The Labute approximate surface area is 114 Å². The summed E-state index contributed by atoms with van der Waals surface area (Å²) in [5.74, 6) is -0.970. The van der Waals surface area contributed by atoms with Crippen LogP contribution in [0.3, 0.4) is 0 Å². The fraction of sp³-hybridized carbons (Fsp3) is 0.417. The number of rotatable bonds is 4. The van der Waals surface area contributed by atoms with Crippen LogP contribution in [-0.2, 0) is 4.79 Å². The number of hydrogen-bond acceptors (Lipinski definition) is 4. The lowest BCUT2D eigenvalue weighted by atomic mass is 10.2. The summed E-state index contributed by atoms with van der Waals surface area (Å²) in [5.41, 5.74) is -0.436. The molecule has 0 saturated heterocycles. The second-order valence-electron chi connectivity index (χ2n) is 4.87. The number of nitrogens with one attached hydrogen (secondary N) is 1. The molecule has 1 amide bonds. The lowest BCUT2D eigenvalue weighted by molar-refractivity contribution is -0.387. The van der Waals surface area contributed by atoms with Crippen LogP contribution in [0.15, 0.2) is 18.2 Å². The first kappa shape index (κ1) is 15.4. The standard InChI is InChI=1S/C12H15FN2O3S/c1-12(2,3)19-7-11(16)14-8-4-5-9(13)10(6-8)15(17)18/h4-6H,7H2,1-3H3,(H,14,16). The number of carbonyl (C=O) groups excluding carboxylic acids is 1. The molecule has 0 aliphatic carbocycles. The third kappa shape index (κ3) is 5.25. The molecule has 0 bridgehead atoms. The van der Waals surface area contributed by atoms with E-state index in [4.69, 9.17) is 0 Å². The SMILES string of the molecule is CC(C)(C)SCC(=O)Nc1ccc(F)c([N+](=O)[O-])c1. The van der Waals surface area contributed by atoms with Gasteiger partial charge >= 0.3 is 5.69 Å². The Bertz CT molecular complexity index is 500. The third-order valence-corrected chi connectivity index (χ3v) is 3.34. The van der Waals surface area contributed by atoms with Crippen molar-refractivity contribution in [1.82, 2.24) is 0 Å². The molecule has 0 atom stereocenters. The molecular weight excluding hydrogens is 271 g/mol. The Balaban J connectivity index is 2.70. The second-order valence-corrected chi connectivity index (χ2v) is 6.67. The molecule has 0 aliphatic heterocycles. The highest BCUT2D eigenvalue weighted by molar-refractivity contribution is 8.01. The number of benzene rings is 1. The Hall–Kier alpha value is -1.63. The first-order chi connectivity index (χ1) is 8.69. The maximum absolute atomic E-state index is 13.1. The van der Waals surface area contributed by atoms with E-state index in [0.717, 1.165) is 12.1 Å². The van der Waals surface area contributed by atoms with Gasteiger partial charge < -0.3 is 5.32 Å². The molecule has 0 heterocycles. The van der Waals surface area contributed by atoms with Crippen molar-refractivity contribution >= 4 is 29.0 Å². The van der Waals surface area contributed by atoms with E-state index in [-0.39, 0.29) is 22.1 Å². The molecule has 1 aromatic carbocycles. The minimum Gasteiger partial charge on any atom is -0.325 e. The summed E-state index contributed by atoms with van der Waals surface area (Å²) in [5, 5.41) is 13.1. The monoisotopic (exact) mass is 286 g/mol. The summed E-state index contributed by atoms with van der Waals surface area (Å²) in [7, 11) is 0. The van der Waals surface area contributed by atoms with Crippen molar-refractivity contribution in [2.24, 2.45) is 0 Å². The van der Waals surface area contributed by atoms with E-state index >= 15 is 0 Å². The van der Waals surface area contributed by atoms with Crippen molar-refractivity contribution in [3.05, 3.63) is 34.1 Å². The van der Waals surface area contributed by atoms with Gasteiger partial charge in [-0.15, -0.1) is 11.8 Å². The normalized spacial score (nSPS) is 11.2. The molecule has 0 aliphatic rings. The predicted molar refractivity (Wildman–Crippen MR) is 73.9 cm³/mol. The van der Waals surface area contributed by atoms with Gasteiger partial charge in [-0.3, -0.25) is 14.9 Å². The number of hydrogen-bond donors (Lipinski definition) is 1. The van der Waals surface area contributed by atoms with Crippen molar-refractivity contribution in [1.29, 1.82) is 0 Å². The van der Waals surface area contributed by atoms with E-state index in [0.29, 0.717) is 0 Å². The predicted octanol–water partition coefficient (Wildman–Crippen LogP) is 3.20. The number of nitro groups is 1. The highest BCUT2D eigenvalue weighted by Gasteiger charge is 2.17. The quantitative estimate of drug-likeness (QED) is 0.681. The summed E-state index contributed by atoms with van der Waals surface area (Å²) >= 11 is 1.45. The average molecular weight is 286 g/mol. The summed E-state index contributed by atoms with van der Waals surface area (Å²) in [6.07, 6.45) is 0. The van der Waals surface area contributed by atoms with Crippen LogP contribution in [0.5, 0.6) is 0 Å². The summed E-state index contributed by atoms with van der Waals surface area (Å²) in [6, 6.07) is 3.27. The van der Waals surface area contributed by atoms with Crippen molar-refractivity contribution in [2.45, 2.75) is 25.5 Å². The number of anilines is 1. The first-order valence-corrected chi connectivity index (χ1v) is 6.55. The molecule has 19 heavy (non-hydrogen) atoms. The van der Waals surface area contributed by atoms with E-state index in [2.05, 4.69) is 5.32 Å². The van der Waals surface area contributed by atoms with Crippen molar-refractivity contribution in [3.63, 3.8) is 0 Å². The van der Waals surface area contributed by atoms with Crippen molar-refractivity contribution in [2.75, 3.05) is 11.1 Å². The van der Waals surface area contributed by atoms with Crippen LogP contribution in [0, 0.1) is 15.9 Å². The van der Waals surface area contributed by atoms with Gasteiger partial charge in [0.15, 0.2) is 0 Å². The lowest BCUT2D eigenvalue weighted by Gasteiger charge is -2.16. The summed E-state index contributed by atoms with van der Waals surface area (Å²) in [6.45, 7) is 5.94. The number of thioether (sulfide) groups is 1. The summed E-state index contributed by atoms with van der Waals surface area (Å²) in [4.78, 5) is 21.4. The van der Waals surface area contributed by atoms with Gasteiger partial charge in [0, 0.05) is 16.5 Å². The molecule has 0 radical (unpaired) electrons. The van der Waals surface area contributed by atoms with Crippen LogP contribution in [0.2, 0.25) is 0 Å². The molecule has 1 N–H and O–H groups in total. The maximum Gasteiger partial charge on any atom is 0.306 e. The maximum atomic E-state index is 13.1. The Morgan fingerprint density at radius 1 is 1.47 bits per heavy atom. The number of amides is 1. The fourth-order valence-corrected chi connectivity index (χ4v) is 1.85. The average Bonchev–Trinajstić information content (AvgIpc) is 2.28. The van der Waals surface area contributed by atoms with Gasteiger partial charge in [0.2, 0.25) is 11.7 Å². The molecular formula is C12H15FN2O3S. The molecule has 5 nitrogen and oxygen atoms in total. The highest BCUT2D eigenvalue weighted by Crippen LogP contribution is 2.24. The van der Waals surface area contributed by atoms with E-state index in [1.807, 2.05) is 20.8 Å². The minimum absolute atomic E-state index is 0.0495. The van der Waals surface area contributed by atoms with E-state index in [1.54, 1.807) is 0 Å². The smallest absolute Gasteiger partial charge is 0.306 e. The summed E-state index contributed by atoms with van der Waals surface area (Å²) < 4.78 is 13.1. The zero-order valence-electron chi connectivity index (χ0n) is 10.9. The van der Waals surface area contributed by atoms with Crippen LogP contribution >= 0.6 is 11.8 Å². The van der Waals surface area contributed by atoms with E-state index in [1.165, 1.54) is 17.8 Å². The third-order valence-electron chi connectivity index (χ3n) is 2.06. The molecule has 0 aromatic heterocycles. The largest absolute Gasteiger partial charge is 0.325 e. The molecule has 0 spiro atoms. The molecule has 0 unspecified atom stereocenters. The van der Waals surface area contributed by atoms with Crippen LogP contribution in [0.4, 0.5) is 15.8 Å². The van der Waals surface area contributed by atoms with Crippen LogP contribution in [0.1, 0.15) is 20.8 Å². The molecule has 0 saturated carbocycles. The van der Waals surface area contributed by atoms with Gasteiger partial charge in [-0.2, -0.15) is 4.39 Å². The molecule has 104 valence electrons. The van der Waals surface area contributed by atoms with Crippen LogP contribution in [-0.4, -0.2) is 21.3 Å². The van der Waals surface area contributed by atoms with Gasteiger partial charge in [-0.05, 0) is 12.1 Å². The zero-order valence-corrected chi connectivity index (χ0v) is 11.7. The number of nitrogens with zero attached hydrogens (tertiary/aromatic N) is 1. The van der Waals surface area contributed by atoms with Gasteiger partial charge in [0.25, 0.3) is 0 Å². The van der Waals surface area contributed by atoms with Gasteiger partial charge in [-0.1, -0.05) is 20.8 Å². The van der Waals surface area contributed by atoms with Gasteiger partial charge in [-0.25, -0.2) is 0 Å². The number of nitro benzene ring substituents is 1. The second kappa shape index (κ2) is 6.01. The molecule has 1 aromatic rings. The molecule has 1 rings (SSSR count). The molecule has 7 heteroatoms. The lowest BCUT2D eigenvalue weighted by Crippen LogP contribution is -2.19. The molecule has 0 fully saturated rings.